The highest BCUT2D eigenvalue weighted by Crippen LogP contribution is 2.47. The van der Waals surface area contributed by atoms with Gasteiger partial charge in [-0.15, -0.1) is 11.3 Å². The maximum absolute atomic E-state index is 13.0. The molecule has 4 rings (SSSR count). The van der Waals surface area contributed by atoms with E-state index in [4.69, 9.17) is 4.74 Å². The van der Waals surface area contributed by atoms with Crippen molar-refractivity contribution in [3.63, 3.8) is 0 Å². The van der Waals surface area contributed by atoms with Crippen molar-refractivity contribution < 1.29 is 27.9 Å². The van der Waals surface area contributed by atoms with E-state index in [1.54, 1.807) is 18.2 Å². The van der Waals surface area contributed by atoms with Crippen molar-refractivity contribution in [1.29, 1.82) is 0 Å². The maximum atomic E-state index is 13.0. The highest BCUT2D eigenvalue weighted by atomic mass is 32.2. The minimum absolute atomic E-state index is 0.0248. The average molecular weight is 485 g/mol. The number of benzene rings is 2. The van der Waals surface area contributed by atoms with Crippen LogP contribution >= 0.6 is 11.3 Å². The minimum Gasteiger partial charge on any atom is -0.481 e. The Kier molecular flexibility index (Phi) is 6.41. The summed E-state index contributed by atoms with van der Waals surface area (Å²) >= 11 is 1.35. The SMILES string of the molecule is COC(=O)c1ccc(-c2ccc(-c3ccc([C@@]4(CC(=O)O)CCCCS4(=O)=O)s3)cc2)cc1. The summed E-state index contributed by atoms with van der Waals surface area (Å²) in [6.45, 7) is 0. The van der Waals surface area contributed by atoms with Gasteiger partial charge in [0.25, 0.3) is 0 Å². The molecule has 0 saturated carbocycles. The molecule has 0 aliphatic carbocycles. The molecule has 0 radical (unpaired) electrons. The van der Waals surface area contributed by atoms with Gasteiger partial charge < -0.3 is 9.84 Å². The van der Waals surface area contributed by atoms with Crippen molar-refractivity contribution in [1.82, 2.24) is 0 Å². The van der Waals surface area contributed by atoms with Crippen LogP contribution in [0.25, 0.3) is 21.6 Å². The zero-order chi connectivity index (χ0) is 23.6. The summed E-state index contributed by atoms with van der Waals surface area (Å²) in [6.07, 6.45) is 1.20. The summed E-state index contributed by atoms with van der Waals surface area (Å²) in [4.78, 5) is 24.7. The number of aliphatic carboxylic acids is 1. The van der Waals surface area contributed by atoms with Crippen molar-refractivity contribution in [3.8, 4) is 21.6 Å². The third kappa shape index (κ3) is 4.45. The van der Waals surface area contributed by atoms with Crippen molar-refractivity contribution in [2.24, 2.45) is 0 Å². The Hall–Kier alpha value is -2.97. The topological polar surface area (TPSA) is 97.7 Å². The molecule has 1 atom stereocenters. The van der Waals surface area contributed by atoms with E-state index in [2.05, 4.69) is 0 Å². The molecule has 1 saturated heterocycles. The molecule has 2 heterocycles. The Bertz CT molecular complexity index is 1270. The Morgan fingerprint density at radius 1 is 0.939 bits per heavy atom. The second-order valence-corrected chi connectivity index (χ2v) is 11.7. The smallest absolute Gasteiger partial charge is 0.337 e. The normalized spacial score (nSPS) is 19.7. The van der Waals surface area contributed by atoms with Gasteiger partial charge >= 0.3 is 11.9 Å². The third-order valence-electron chi connectivity index (χ3n) is 6.14. The molecule has 3 aromatic rings. The molecule has 0 amide bonds. The summed E-state index contributed by atoms with van der Waals surface area (Å²) < 4.78 is 29.4. The Morgan fingerprint density at radius 2 is 1.55 bits per heavy atom. The number of carbonyl (C=O) groups is 2. The number of hydrogen-bond acceptors (Lipinski definition) is 6. The van der Waals surface area contributed by atoms with Crippen LogP contribution in [0.2, 0.25) is 0 Å². The molecule has 172 valence electrons. The van der Waals surface area contributed by atoms with Gasteiger partial charge in [0.2, 0.25) is 0 Å². The quantitative estimate of drug-likeness (QED) is 0.487. The lowest BCUT2D eigenvalue weighted by atomic mass is 9.95. The van der Waals surface area contributed by atoms with Crippen molar-refractivity contribution >= 4 is 33.1 Å². The van der Waals surface area contributed by atoms with Crippen molar-refractivity contribution in [2.45, 2.75) is 30.4 Å². The second kappa shape index (κ2) is 9.11. The van der Waals surface area contributed by atoms with E-state index < -0.39 is 27.0 Å². The van der Waals surface area contributed by atoms with Crippen LogP contribution in [0, 0.1) is 0 Å². The molecule has 0 bridgehead atoms. The highest BCUT2D eigenvalue weighted by molar-refractivity contribution is 7.92. The van der Waals surface area contributed by atoms with Gasteiger partial charge in [-0.1, -0.05) is 42.8 Å². The molecule has 33 heavy (non-hydrogen) atoms. The number of sulfone groups is 1. The molecule has 1 N–H and O–H groups in total. The van der Waals surface area contributed by atoms with Gasteiger partial charge in [-0.05, 0) is 53.8 Å². The van der Waals surface area contributed by atoms with Gasteiger partial charge in [0.05, 0.1) is 24.8 Å². The predicted molar refractivity (Wildman–Crippen MR) is 128 cm³/mol. The van der Waals surface area contributed by atoms with Crippen molar-refractivity contribution in [3.05, 3.63) is 71.1 Å². The van der Waals surface area contributed by atoms with Crippen LogP contribution < -0.4 is 0 Å². The van der Waals surface area contributed by atoms with E-state index in [0.717, 1.165) is 21.6 Å². The minimum atomic E-state index is -3.56. The summed E-state index contributed by atoms with van der Waals surface area (Å²) in [5.41, 5.74) is 3.34. The van der Waals surface area contributed by atoms with Gasteiger partial charge in [-0.2, -0.15) is 0 Å². The number of methoxy groups -OCH3 is 1. The van der Waals surface area contributed by atoms with E-state index >= 15 is 0 Å². The van der Waals surface area contributed by atoms with Crippen LogP contribution in [0.3, 0.4) is 0 Å². The largest absolute Gasteiger partial charge is 0.481 e. The highest BCUT2D eigenvalue weighted by Gasteiger charge is 2.49. The fourth-order valence-corrected chi connectivity index (χ4v) is 8.12. The lowest BCUT2D eigenvalue weighted by Gasteiger charge is -2.34. The molecule has 8 heteroatoms. The van der Waals surface area contributed by atoms with Gasteiger partial charge in [-0.3, -0.25) is 4.79 Å². The van der Waals surface area contributed by atoms with Crippen molar-refractivity contribution in [2.75, 3.05) is 12.9 Å². The van der Waals surface area contributed by atoms with E-state index in [9.17, 15) is 23.1 Å². The zero-order valence-corrected chi connectivity index (χ0v) is 19.7. The Labute approximate surface area is 196 Å². The van der Waals surface area contributed by atoms with Crippen LogP contribution in [-0.4, -0.2) is 38.3 Å². The maximum Gasteiger partial charge on any atom is 0.337 e. The van der Waals surface area contributed by atoms with E-state index in [1.165, 1.54) is 18.4 Å². The molecule has 2 aromatic carbocycles. The average Bonchev–Trinajstić information content (AvgIpc) is 3.31. The van der Waals surface area contributed by atoms with Gasteiger partial charge in [-0.25, -0.2) is 13.2 Å². The molecule has 1 aromatic heterocycles. The molecule has 0 spiro atoms. The number of thiophene rings is 1. The molecule has 0 unspecified atom stereocenters. The number of carboxylic acid groups (broad SMARTS) is 1. The monoisotopic (exact) mass is 484 g/mol. The zero-order valence-electron chi connectivity index (χ0n) is 18.1. The third-order valence-corrected chi connectivity index (χ3v) is 10.2. The number of esters is 1. The first-order chi connectivity index (χ1) is 15.8. The van der Waals surface area contributed by atoms with Crippen LogP contribution in [0.5, 0.6) is 0 Å². The van der Waals surface area contributed by atoms with Gasteiger partial charge in [0, 0.05) is 9.75 Å². The molecular formula is C25H24O6S2. The van der Waals surface area contributed by atoms with E-state index in [0.29, 0.717) is 29.7 Å². The Morgan fingerprint density at radius 3 is 2.12 bits per heavy atom. The second-order valence-electron chi connectivity index (χ2n) is 8.15. The first kappa shape index (κ1) is 23.2. The Balaban J connectivity index is 1.62. The molecule has 1 aliphatic heterocycles. The summed E-state index contributed by atoms with van der Waals surface area (Å²) in [5, 5.41) is 9.46. The number of carboxylic acids is 1. The van der Waals surface area contributed by atoms with Gasteiger partial charge in [0.1, 0.15) is 4.75 Å². The molecule has 1 aliphatic rings. The summed E-state index contributed by atoms with van der Waals surface area (Å²) in [5.74, 6) is -1.46. The predicted octanol–water partition coefficient (Wildman–Crippen LogP) is 5.14. The number of carbonyl (C=O) groups excluding carboxylic acids is 1. The lowest BCUT2D eigenvalue weighted by Crippen LogP contribution is -2.41. The standard InChI is InChI=1S/C25H24O6S2/c1-31-24(28)20-10-6-18(7-11-20)17-4-8-19(9-5-17)21-12-13-22(32-21)25(16-23(26)27)14-2-3-15-33(25,29)30/h4-13H,2-3,14-16H2,1H3,(H,26,27)/t25-/m0/s1. The number of ether oxygens (including phenoxy) is 1. The lowest BCUT2D eigenvalue weighted by molar-refractivity contribution is -0.137. The molecule has 6 nitrogen and oxygen atoms in total. The van der Waals surface area contributed by atoms with Crippen LogP contribution in [0.4, 0.5) is 0 Å². The first-order valence-electron chi connectivity index (χ1n) is 10.6. The van der Waals surface area contributed by atoms with E-state index in [1.807, 2.05) is 42.5 Å². The first-order valence-corrected chi connectivity index (χ1v) is 13.1. The fraction of sp³-hybridized carbons (Fsp3) is 0.280. The molecule has 1 fully saturated rings. The van der Waals surface area contributed by atoms with Gasteiger partial charge in [0.15, 0.2) is 9.84 Å². The fourth-order valence-electron chi connectivity index (χ4n) is 4.34. The summed E-state index contributed by atoms with van der Waals surface area (Å²) in [7, 11) is -2.21. The van der Waals surface area contributed by atoms with E-state index in [-0.39, 0.29) is 11.7 Å². The van der Waals surface area contributed by atoms with Crippen LogP contribution in [0.15, 0.2) is 60.7 Å². The number of rotatable bonds is 6. The van der Waals surface area contributed by atoms with Crippen LogP contribution in [0.1, 0.15) is 40.9 Å². The summed E-state index contributed by atoms with van der Waals surface area (Å²) in [6, 6.07) is 18.6. The van der Waals surface area contributed by atoms with Crippen LogP contribution in [-0.2, 0) is 24.1 Å². The molecular weight excluding hydrogens is 460 g/mol. The number of hydrogen-bond donors (Lipinski definition) is 1.